The van der Waals surface area contributed by atoms with Crippen molar-refractivity contribution in [3.63, 3.8) is 0 Å². The van der Waals surface area contributed by atoms with Crippen LogP contribution in [0.15, 0.2) is 60.8 Å². The number of nitrogens with zero attached hydrogens (tertiary/aromatic N) is 8. The van der Waals surface area contributed by atoms with E-state index in [-0.39, 0.29) is 13.2 Å². The number of fused-ring (bicyclic) bond motifs is 1. The van der Waals surface area contributed by atoms with Gasteiger partial charge in [0, 0.05) is 42.7 Å². The number of aromatic nitrogens is 7. The lowest BCUT2D eigenvalue weighted by molar-refractivity contribution is -0.150. The first-order valence-corrected chi connectivity index (χ1v) is 13.5. The average molecular weight is 571 g/mol. The number of hydrogen-bond donors (Lipinski definition) is 2. The van der Waals surface area contributed by atoms with Crippen LogP contribution in [0.25, 0.3) is 34.1 Å². The van der Waals surface area contributed by atoms with Gasteiger partial charge < -0.3 is 25.8 Å². The molecule has 14 heteroatoms. The number of benzene rings is 1. The van der Waals surface area contributed by atoms with Crippen LogP contribution in [-0.4, -0.2) is 78.4 Å². The van der Waals surface area contributed by atoms with E-state index >= 15 is 0 Å². The van der Waals surface area contributed by atoms with Crippen molar-refractivity contribution in [2.45, 2.75) is 26.1 Å². The number of carbonyl (C=O) groups excluding carboxylic acids is 2. The summed E-state index contributed by atoms with van der Waals surface area (Å²) in [5, 5.41) is 14.2. The second kappa shape index (κ2) is 11.4. The fraction of sp³-hybridized carbons (Fsp3) is 0.286. The van der Waals surface area contributed by atoms with Gasteiger partial charge in [0.05, 0.1) is 25.3 Å². The minimum atomic E-state index is -1.13. The van der Waals surface area contributed by atoms with Gasteiger partial charge in [-0.2, -0.15) is 19.8 Å². The molecule has 0 unspecified atom stereocenters. The van der Waals surface area contributed by atoms with Gasteiger partial charge in [0.15, 0.2) is 18.2 Å². The molecule has 0 aliphatic carbocycles. The van der Waals surface area contributed by atoms with E-state index < -0.39 is 17.9 Å². The van der Waals surface area contributed by atoms with Gasteiger partial charge in [-0.3, -0.25) is 9.59 Å². The van der Waals surface area contributed by atoms with Crippen molar-refractivity contribution in [1.29, 1.82) is 0 Å². The first-order chi connectivity index (χ1) is 20.4. The molecule has 216 valence electrons. The lowest BCUT2D eigenvalue weighted by Gasteiger charge is -2.29. The highest BCUT2D eigenvalue weighted by atomic mass is 16.5. The number of anilines is 1. The normalized spacial score (nSPS) is 14.3. The van der Waals surface area contributed by atoms with Crippen LogP contribution in [0.5, 0.6) is 0 Å². The minimum Gasteiger partial charge on any atom is -0.441 e. The molecule has 1 aromatic carbocycles. The molecular formula is C28H30N10O4. The largest absolute Gasteiger partial charge is 0.441 e. The maximum Gasteiger partial charge on any atom is 0.325 e. The summed E-state index contributed by atoms with van der Waals surface area (Å²) >= 11 is 0. The Hall–Kier alpha value is -5.08. The van der Waals surface area contributed by atoms with Crippen molar-refractivity contribution < 1.29 is 19.1 Å². The lowest BCUT2D eigenvalue weighted by Crippen LogP contribution is -2.37. The zero-order valence-corrected chi connectivity index (χ0v) is 23.0. The van der Waals surface area contributed by atoms with Gasteiger partial charge in [0.2, 0.25) is 5.91 Å². The molecule has 1 saturated heterocycles. The molecule has 1 atom stereocenters. The number of rotatable bonds is 9. The molecular weight excluding hydrogens is 540 g/mol. The third-order valence-corrected chi connectivity index (χ3v) is 6.92. The maximum atomic E-state index is 12.1. The molecule has 1 amide bonds. The number of aryl methyl sites for hydroxylation is 1. The maximum absolute atomic E-state index is 12.1. The molecule has 0 spiro atoms. The van der Waals surface area contributed by atoms with E-state index in [1.54, 1.807) is 9.20 Å². The standard InChI is InChI=1S/C28H30N10O4/c1-18-13-22(33-37(18)17-42-28(40)20(29)14-24(30)39)23-15-26-31-25(16-27(38(26)34-23)35-9-11-41-12-10-35)36-8-7-21(32-36)19-5-3-2-4-6-19/h2-8,13,15-16,20H,9-12,14,17,29H2,1H3,(H2,30,39)/t20-/m0/s1. The van der Waals surface area contributed by atoms with Crippen molar-refractivity contribution in [1.82, 2.24) is 34.2 Å². The Morgan fingerprint density at radius 1 is 1.00 bits per heavy atom. The predicted molar refractivity (Wildman–Crippen MR) is 152 cm³/mol. The molecule has 4 aromatic heterocycles. The van der Waals surface area contributed by atoms with Gasteiger partial charge in [0.1, 0.15) is 23.2 Å². The topological polar surface area (TPSA) is 174 Å². The molecule has 0 radical (unpaired) electrons. The molecule has 0 bridgehead atoms. The zero-order chi connectivity index (χ0) is 29.2. The Morgan fingerprint density at radius 2 is 1.76 bits per heavy atom. The number of hydrogen-bond acceptors (Lipinski definition) is 10. The van der Waals surface area contributed by atoms with Gasteiger partial charge in [-0.25, -0.2) is 14.3 Å². The van der Waals surface area contributed by atoms with Crippen LogP contribution in [-0.2, 0) is 25.8 Å². The number of primary amides is 1. The van der Waals surface area contributed by atoms with Crippen LogP contribution >= 0.6 is 0 Å². The monoisotopic (exact) mass is 570 g/mol. The zero-order valence-electron chi connectivity index (χ0n) is 23.0. The van der Waals surface area contributed by atoms with E-state index in [9.17, 15) is 9.59 Å². The molecule has 5 aromatic rings. The average Bonchev–Trinajstić information content (AvgIpc) is 3.74. The summed E-state index contributed by atoms with van der Waals surface area (Å²) < 4.78 is 15.9. The van der Waals surface area contributed by atoms with Gasteiger partial charge in [-0.05, 0) is 19.1 Å². The van der Waals surface area contributed by atoms with Gasteiger partial charge >= 0.3 is 5.97 Å². The summed E-state index contributed by atoms with van der Waals surface area (Å²) in [7, 11) is 0. The van der Waals surface area contributed by atoms with E-state index in [1.165, 1.54) is 4.68 Å². The van der Waals surface area contributed by atoms with E-state index in [0.717, 1.165) is 22.8 Å². The van der Waals surface area contributed by atoms with Crippen LogP contribution < -0.4 is 16.4 Å². The Bertz CT molecular complexity index is 1740. The van der Waals surface area contributed by atoms with Crippen molar-refractivity contribution in [3.05, 3.63) is 66.5 Å². The number of carbonyl (C=O) groups is 2. The van der Waals surface area contributed by atoms with Gasteiger partial charge in [-0.15, -0.1) is 0 Å². The second-order valence-electron chi connectivity index (χ2n) is 9.92. The second-order valence-corrected chi connectivity index (χ2v) is 9.92. The Balaban J connectivity index is 1.32. The summed E-state index contributed by atoms with van der Waals surface area (Å²) in [4.78, 5) is 30.3. The quantitative estimate of drug-likeness (QED) is 0.246. The Labute approximate surface area is 240 Å². The SMILES string of the molecule is Cc1cc(-c2cc3nc(-n4ccc(-c5ccccc5)n4)cc(N4CCOCC4)n3n2)nn1COC(=O)[C@@H](N)CC(N)=O. The fourth-order valence-electron chi connectivity index (χ4n) is 4.72. The molecule has 0 saturated carbocycles. The molecule has 4 N–H and O–H groups in total. The molecule has 1 aliphatic rings. The van der Waals surface area contributed by atoms with Crippen LogP contribution in [0.2, 0.25) is 0 Å². The van der Waals surface area contributed by atoms with Crippen molar-refractivity contribution >= 4 is 23.3 Å². The minimum absolute atomic E-state index is 0.172. The Morgan fingerprint density at radius 3 is 2.52 bits per heavy atom. The molecule has 1 fully saturated rings. The van der Waals surface area contributed by atoms with Crippen LogP contribution in [0.3, 0.4) is 0 Å². The highest BCUT2D eigenvalue weighted by Gasteiger charge is 2.21. The first-order valence-electron chi connectivity index (χ1n) is 13.5. The van der Waals surface area contributed by atoms with E-state index in [0.29, 0.717) is 49.2 Å². The first kappa shape index (κ1) is 27.1. The van der Waals surface area contributed by atoms with Gasteiger partial charge in [-0.1, -0.05) is 30.3 Å². The molecule has 6 rings (SSSR count). The van der Waals surface area contributed by atoms with Crippen LogP contribution in [0.1, 0.15) is 12.1 Å². The fourth-order valence-corrected chi connectivity index (χ4v) is 4.72. The van der Waals surface area contributed by atoms with E-state index in [1.807, 2.05) is 67.7 Å². The lowest BCUT2D eigenvalue weighted by atomic mass is 10.2. The van der Waals surface area contributed by atoms with Crippen molar-refractivity contribution in [2.75, 3.05) is 31.2 Å². The van der Waals surface area contributed by atoms with E-state index in [2.05, 4.69) is 10.00 Å². The van der Waals surface area contributed by atoms with Crippen LogP contribution in [0.4, 0.5) is 5.82 Å². The highest BCUT2D eigenvalue weighted by molar-refractivity contribution is 5.84. The van der Waals surface area contributed by atoms with Crippen LogP contribution in [0, 0.1) is 6.92 Å². The summed E-state index contributed by atoms with van der Waals surface area (Å²) in [5.74, 6) is 0.0912. The van der Waals surface area contributed by atoms with Gasteiger partial charge in [0.25, 0.3) is 0 Å². The van der Waals surface area contributed by atoms with E-state index in [4.69, 9.17) is 36.1 Å². The smallest absolute Gasteiger partial charge is 0.325 e. The Kier molecular flexibility index (Phi) is 7.37. The summed E-state index contributed by atoms with van der Waals surface area (Å²) in [6, 6.07) is 16.5. The highest BCUT2D eigenvalue weighted by Crippen LogP contribution is 2.26. The number of nitrogens with two attached hydrogens (primary N) is 2. The third-order valence-electron chi connectivity index (χ3n) is 6.92. The number of esters is 1. The molecule has 1 aliphatic heterocycles. The number of ether oxygens (including phenoxy) is 2. The summed E-state index contributed by atoms with van der Waals surface area (Å²) in [6.07, 6.45) is 1.60. The number of morpholine rings is 1. The summed E-state index contributed by atoms with van der Waals surface area (Å²) in [6.45, 7) is 4.30. The predicted octanol–water partition coefficient (Wildman–Crippen LogP) is 1.29. The van der Waals surface area contributed by atoms with Crippen molar-refractivity contribution in [3.8, 4) is 28.5 Å². The molecule has 42 heavy (non-hydrogen) atoms. The van der Waals surface area contributed by atoms with Crippen molar-refractivity contribution in [2.24, 2.45) is 11.5 Å². The third kappa shape index (κ3) is 5.57. The number of amides is 1. The molecule has 5 heterocycles. The summed E-state index contributed by atoms with van der Waals surface area (Å²) in [5.41, 5.74) is 15.2. The molecule has 14 nitrogen and oxygen atoms in total.